The maximum Gasteiger partial charge on any atom is 0.260 e. The molecule has 0 radical (unpaired) electrons. The second-order valence-electron chi connectivity index (χ2n) is 9.07. The molecule has 9 heteroatoms. The van der Waals surface area contributed by atoms with Crippen LogP contribution in [0.15, 0.2) is 60.0 Å². The Morgan fingerprint density at radius 3 is 2.57 bits per heavy atom. The minimum absolute atomic E-state index is 0.214. The van der Waals surface area contributed by atoms with Crippen LogP contribution >= 0.6 is 11.6 Å². The number of methoxy groups -OCH3 is 1. The number of pyridine rings is 1. The Hall–Kier alpha value is -3.88. The number of nitrogens with one attached hydrogen (secondary N) is 1. The Bertz CT molecular complexity index is 1540. The van der Waals surface area contributed by atoms with E-state index in [-0.39, 0.29) is 5.56 Å². The van der Waals surface area contributed by atoms with Crippen LogP contribution in [0.2, 0.25) is 5.02 Å². The Balaban J connectivity index is 1.52. The van der Waals surface area contributed by atoms with Crippen LogP contribution in [-0.2, 0) is 7.05 Å². The van der Waals surface area contributed by atoms with Gasteiger partial charge in [0.15, 0.2) is 0 Å². The Labute approximate surface area is 220 Å². The molecule has 5 rings (SSSR count). The van der Waals surface area contributed by atoms with E-state index in [1.165, 1.54) is 4.57 Å². The number of aromatic nitrogens is 3. The molecule has 1 aliphatic heterocycles. The van der Waals surface area contributed by atoms with Gasteiger partial charge in [-0.05, 0) is 30.8 Å². The number of halogens is 1. The zero-order valence-electron chi connectivity index (χ0n) is 21.2. The van der Waals surface area contributed by atoms with Crippen molar-refractivity contribution in [2.24, 2.45) is 7.05 Å². The van der Waals surface area contributed by atoms with Gasteiger partial charge in [0, 0.05) is 67.1 Å². The average molecular weight is 517 g/mol. The molecule has 0 unspecified atom stereocenters. The van der Waals surface area contributed by atoms with Crippen molar-refractivity contribution in [3.8, 4) is 16.9 Å². The van der Waals surface area contributed by atoms with Crippen molar-refractivity contribution in [3.05, 3.63) is 76.2 Å². The molecule has 0 aliphatic carbocycles. The molecule has 4 aromatic rings. The quantitative estimate of drug-likeness (QED) is 0.394. The summed E-state index contributed by atoms with van der Waals surface area (Å²) in [5.74, 6) is 1.04. The van der Waals surface area contributed by atoms with Crippen LogP contribution in [0.4, 0.5) is 17.3 Å². The molecule has 1 fully saturated rings. The summed E-state index contributed by atoms with van der Waals surface area (Å²) in [6.45, 7) is 7.93. The molecular formula is C28H29ClN6O2. The maximum atomic E-state index is 13.4. The number of hydrogen-bond donors (Lipinski definition) is 1. The number of hydrogen-bond acceptors (Lipinski definition) is 7. The molecular weight excluding hydrogens is 488 g/mol. The zero-order valence-corrected chi connectivity index (χ0v) is 21.9. The molecule has 1 saturated heterocycles. The molecule has 0 bridgehead atoms. The monoisotopic (exact) mass is 516 g/mol. The van der Waals surface area contributed by atoms with Gasteiger partial charge in [0.05, 0.1) is 18.4 Å². The highest BCUT2D eigenvalue weighted by Crippen LogP contribution is 2.34. The lowest BCUT2D eigenvalue weighted by Gasteiger charge is -2.34. The first-order valence-corrected chi connectivity index (χ1v) is 12.4. The molecule has 0 amide bonds. The lowest BCUT2D eigenvalue weighted by Crippen LogP contribution is -2.44. The Morgan fingerprint density at radius 2 is 1.86 bits per heavy atom. The molecule has 37 heavy (non-hydrogen) atoms. The third-order valence-electron chi connectivity index (χ3n) is 6.81. The zero-order chi connectivity index (χ0) is 26.1. The molecule has 8 nitrogen and oxygen atoms in total. The minimum atomic E-state index is -0.214. The summed E-state index contributed by atoms with van der Waals surface area (Å²) >= 11 is 6.43. The lowest BCUT2D eigenvalue weighted by molar-refractivity contribution is 0.312. The predicted molar refractivity (Wildman–Crippen MR) is 151 cm³/mol. The largest absolute Gasteiger partial charge is 0.494 e. The molecule has 0 atom stereocenters. The summed E-state index contributed by atoms with van der Waals surface area (Å²) in [7, 11) is 5.48. The fourth-order valence-electron chi connectivity index (χ4n) is 4.69. The van der Waals surface area contributed by atoms with E-state index >= 15 is 0 Å². The van der Waals surface area contributed by atoms with E-state index in [4.69, 9.17) is 16.3 Å². The number of aryl methyl sites for hydroxylation is 1. The van der Waals surface area contributed by atoms with E-state index in [0.29, 0.717) is 44.4 Å². The maximum absolute atomic E-state index is 13.4. The van der Waals surface area contributed by atoms with Gasteiger partial charge < -0.3 is 19.9 Å². The van der Waals surface area contributed by atoms with Gasteiger partial charge in [-0.1, -0.05) is 42.5 Å². The van der Waals surface area contributed by atoms with Crippen LogP contribution in [0, 0.1) is 0 Å². The van der Waals surface area contributed by atoms with Crippen molar-refractivity contribution >= 4 is 46.0 Å². The lowest BCUT2D eigenvalue weighted by atomic mass is 9.99. The van der Waals surface area contributed by atoms with Crippen LogP contribution < -0.4 is 20.5 Å². The normalized spacial score (nSPS) is 14.1. The van der Waals surface area contributed by atoms with E-state index in [0.717, 1.165) is 37.6 Å². The molecule has 190 valence electrons. The predicted octanol–water partition coefficient (Wildman–Crippen LogP) is 4.80. The standard InChI is InChI=1S/C28H29ClN6O2/c1-5-19-21-17-30-28(32-26(21)34(3)27(36)25(19)20-8-6-7-9-22(20)29)31-23-11-10-18(16-24(23)37-4)35-14-12-33(2)13-15-35/h5-11,16-17H,1,12-15H2,2-4H3,(H,30,31,32). The third-order valence-corrected chi connectivity index (χ3v) is 7.14. The van der Waals surface area contributed by atoms with E-state index < -0.39 is 0 Å². The van der Waals surface area contributed by atoms with Crippen molar-refractivity contribution in [1.82, 2.24) is 19.4 Å². The topological polar surface area (TPSA) is 75.5 Å². The highest BCUT2D eigenvalue weighted by atomic mass is 35.5. The van der Waals surface area contributed by atoms with Gasteiger partial charge in [-0.15, -0.1) is 0 Å². The van der Waals surface area contributed by atoms with Crippen LogP contribution in [0.1, 0.15) is 5.56 Å². The first kappa shape index (κ1) is 24.8. The fourth-order valence-corrected chi connectivity index (χ4v) is 4.92. The van der Waals surface area contributed by atoms with Gasteiger partial charge in [-0.2, -0.15) is 4.98 Å². The number of nitrogens with zero attached hydrogens (tertiary/aromatic N) is 5. The number of benzene rings is 2. The Kier molecular flexibility index (Phi) is 6.86. The van der Waals surface area contributed by atoms with E-state index in [2.05, 4.69) is 44.8 Å². The number of ether oxygens (including phenoxy) is 1. The van der Waals surface area contributed by atoms with Crippen LogP contribution in [0.25, 0.3) is 28.2 Å². The highest BCUT2D eigenvalue weighted by Gasteiger charge is 2.20. The second-order valence-corrected chi connectivity index (χ2v) is 9.47. The molecule has 2 aromatic carbocycles. The van der Waals surface area contributed by atoms with Crippen molar-refractivity contribution in [3.63, 3.8) is 0 Å². The minimum Gasteiger partial charge on any atom is -0.494 e. The number of rotatable bonds is 6. The smallest absolute Gasteiger partial charge is 0.260 e. The van der Waals surface area contributed by atoms with Crippen LogP contribution in [-0.4, -0.2) is 59.8 Å². The summed E-state index contributed by atoms with van der Waals surface area (Å²) in [5.41, 5.74) is 3.89. The average Bonchev–Trinajstić information content (AvgIpc) is 2.92. The SMILES string of the molecule is C=Cc1c(-c2ccccc2Cl)c(=O)n(C)c2nc(Nc3ccc(N4CCN(C)CC4)cc3OC)ncc12. The van der Waals surface area contributed by atoms with Gasteiger partial charge in [0.1, 0.15) is 11.4 Å². The highest BCUT2D eigenvalue weighted by molar-refractivity contribution is 6.33. The summed E-state index contributed by atoms with van der Waals surface area (Å²) in [6, 6.07) is 13.3. The van der Waals surface area contributed by atoms with Crippen LogP contribution in [0.5, 0.6) is 5.75 Å². The summed E-state index contributed by atoms with van der Waals surface area (Å²) in [6.07, 6.45) is 3.35. The van der Waals surface area contributed by atoms with Gasteiger partial charge >= 0.3 is 0 Å². The molecule has 1 aliphatic rings. The Morgan fingerprint density at radius 1 is 1.11 bits per heavy atom. The third kappa shape index (κ3) is 4.65. The van der Waals surface area contributed by atoms with Crippen molar-refractivity contribution < 1.29 is 4.74 Å². The molecule has 1 N–H and O–H groups in total. The summed E-state index contributed by atoms with van der Waals surface area (Å²) < 4.78 is 7.19. The second kappa shape index (κ2) is 10.2. The summed E-state index contributed by atoms with van der Waals surface area (Å²) in [5, 5.41) is 4.45. The van der Waals surface area contributed by atoms with Crippen molar-refractivity contribution in [2.75, 3.05) is 50.6 Å². The molecule has 0 spiro atoms. The van der Waals surface area contributed by atoms with Gasteiger partial charge in [-0.3, -0.25) is 9.36 Å². The first-order valence-electron chi connectivity index (χ1n) is 12.1. The van der Waals surface area contributed by atoms with Crippen molar-refractivity contribution in [2.45, 2.75) is 0 Å². The number of piperazine rings is 1. The molecule has 0 saturated carbocycles. The van der Waals surface area contributed by atoms with Gasteiger partial charge in [-0.25, -0.2) is 4.98 Å². The number of fused-ring (bicyclic) bond motifs is 1. The van der Waals surface area contributed by atoms with Gasteiger partial charge in [0.25, 0.3) is 5.56 Å². The number of likely N-dealkylation sites (N-methyl/N-ethyl adjacent to an activating group) is 1. The number of anilines is 3. The van der Waals surface area contributed by atoms with Crippen LogP contribution in [0.3, 0.4) is 0 Å². The summed E-state index contributed by atoms with van der Waals surface area (Å²) in [4.78, 5) is 27.3. The van der Waals surface area contributed by atoms with E-state index in [9.17, 15) is 4.79 Å². The van der Waals surface area contributed by atoms with Gasteiger partial charge in [0.2, 0.25) is 5.95 Å². The van der Waals surface area contributed by atoms with E-state index in [1.54, 1.807) is 32.5 Å². The fraction of sp³-hybridized carbons (Fsp3) is 0.250. The molecule has 3 heterocycles. The molecule has 2 aromatic heterocycles. The van der Waals surface area contributed by atoms with Crippen molar-refractivity contribution in [1.29, 1.82) is 0 Å². The first-order chi connectivity index (χ1) is 17.9. The van der Waals surface area contributed by atoms with E-state index in [1.807, 2.05) is 30.3 Å².